The molecule has 0 aliphatic carbocycles. The van der Waals surface area contributed by atoms with Crippen molar-refractivity contribution in [2.24, 2.45) is 0 Å². The third-order valence-corrected chi connectivity index (χ3v) is 2.43. The summed E-state index contributed by atoms with van der Waals surface area (Å²) in [6.07, 6.45) is 1.51. The van der Waals surface area contributed by atoms with E-state index in [2.05, 4.69) is 15.6 Å². The first-order chi connectivity index (χ1) is 9.19. The summed E-state index contributed by atoms with van der Waals surface area (Å²) in [7, 11) is 0. The monoisotopic (exact) mass is 280 g/mol. The SMILES string of the molecule is Cc1cc([N+](=O)[O-])cnc1NCCC(=O)NC(C)(C)C. The second-order valence-corrected chi connectivity index (χ2v) is 5.59. The van der Waals surface area contributed by atoms with Gasteiger partial charge in [-0.15, -0.1) is 0 Å². The van der Waals surface area contributed by atoms with Gasteiger partial charge >= 0.3 is 0 Å². The molecule has 1 heterocycles. The number of aromatic nitrogens is 1. The van der Waals surface area contributed by atoms with Gasteiger partial charge in [0.25, 0.3) is 5.69 Å². The maximum absolute atomic E-state index is 11.6. The molecule has 0 spiro atoms. The van der Waals surface area contributed by atoms with Gasteiger partial charge in [-0.3, -0.25) is 14.9 Å². The highest BCUT2D eigenvalue weighted by molar-refractivity contribution is 5.77. The second-order valence-electron chi connectivity index (χ2n) is 5.59. The molecule has 1 aromatic heterocycles. The third-order valence-electron chi connectivity index (χ3n) is 2.43. The smallest absolute Gasteiger partial charge is 0.287 e. The molecule has 1 rings (SSSR count). The summed E-state index contributed by atoms with van der Waals surface area (Å²) < 4.78 is 0. The highest BCUT2D eigenvalue weighted by atomic mass is 16.6. The molecule has 0 unspecified atom stereocenters. The summed E-state index contributed by atoms with van der Waals surface area (Å²) in [4.78, 5) is 25.7. The average Bonchev–Trinajstić information content (AvgIpc) is 2.28. The van der Waals surface area contributed by atoms with Gasteiger partial charge in [0.1, 0.15) is 12.0 Å². The molecule has 1 amide bonds. The molecular weight excluding hydrogens is 260 g/mol. The third kappa shape index (κ3) is 5.21. The van der Waals surface area contributed by atoms with Gasteiger partial charge in [-0.2, -0.15) is 0 Å². The molecule has 0 saturated carbocycles. The van der Waals surface area contributed by atoms with Gasteiger partial charge in [0.05, 0.1) is 4.92 Å². The molecule has 7 nitrogen and oxygen atoms in total. The quantitative estimate of drug-likeness (QED) is 0.635. The molecule has 0 fully saturated rings. The number of hydrogen-bond donors (Lipinski definition) is 2. The zero-order chi connectivity index (χ0) is 15.3. The van der Waals surface area contributed by atoms with Crippen LogP contribution in [0.3, 0.4) is 0 Å². The molecule has 0 aliphatic heterocycles. The van der Waals surface area contributed by atoms with Crippen LogP contribution >= 0.6 is 0 Å². The van der Waals surface area contributed by atoms with Crippen molar-refractivity contribution < 1.29 is 9.72 Å². The maximum atomic E-state index is 11.6. The van der Waals surface area contributed by atoms with Crippen LogP contribution in [0.2, 0.25) is 0 Å². The molecule has 110 valence electrons. The lowest BCUT2D eigenvalue weighted by Crippen LogP contribution is -2.41. The standard InChI is InChI=1S/C13H20N4O3/c1-9-7-10(17(19)20)8-15-12(9)14-6-5-11(18)16-13(2,3)4/h7-8H,5-6H2,1-4H3,(H,14,15)(H,16,18). The van der Waals surface area contributed by atoms with E-state index in [1.165, 1.54) is 12.3 Å². The van der Waals surface area contributed by atoms with E-state index in [0.717, 1.165) is 0 Å². The van der Waals surface area contributed by atoms with E-state index >= 15 is 0 Å². The molecule has 0 bridgehead atoms. The van der Waals surface area contributed by atoms with Gasteiger partial charge in [-0.05, 0) is 33.3 Å². The van der Waals surface area contributed by atoms with Crippen molar-refractivity contribution in [3.63, 3.8) is 0 Å². The van der Waals surface area contributed by atoms with Gasteiger partial charge in [-0.1, -0.05) is 0 Å². The Morgan fingerprint density at radius 3 is 2.60 bits per heavy atom. The van der Waals surface area contributed by atoms with Crippen molar-refractivity contribution in [3.8, 4) is 0 Å². The molecule has 0 aromatic carbocycles. The zero-order valence-electron chi connectivity index (χ0n) is 12.2. The topological polar surface area (TPSA) is 97.2 Å². The zero-order valence-corrected chi connectivity index (χ0v) is 12.2. The van der Waals surface area contributed by atoms with Gasteiger partial charge in [0.15, 0.2) is 0 Å². The molecule has 0 saturated heterocycles. The van der Waals surface area contributed by atoms with Crippen LogP contribution in [0.25, 0.3) is 0 Å². The lowest BCUT2D eigenvalue weighted by Gasteiger charge is -2.20. The molecule has 0 atom stereocenters. The summed E-state index contributed by atoms with van der Waals surface area (Å²) in [5, 5.41) is 16.4. The van der Waals surface area contributed by atoms with E-state index in [1.54, 1.807) is 6.92 Å². The minimum Gasteiger partial charge on any atom is -0.369 e. The molecular formula is C13H20N4O3. The molecule has 0 aliphatic rings. The number of nitrogens with zero attached hydrogens (tertiary/aromatic N) is 2. The number of hydrogen-bond acceptors (Lipinski definition) is 5. The highest BCUT2D eigenvalue weighted by Gasteiger charge is 2.13. The maximum Gasteiger partial charge on any atom is 0.287 e. The van der Waals surface area contributed by atoms with Gasteiger partial charge in [0, 0.05) is 24.6 Å². The van der Waals surface area contributed by atoms with Crippen LogP contribution in [0.1, 0.15) is 32.8 Å². The van der Waals surface area contributed by atoms with Crippen molar-refractivity contribution in [2.75, 3.05) is 11.9 Å². The molecule has 20 heavy (non-hydrogen) atoms. The van der Waals surface area contributed by atoms with Crippen LogP contribution in [-0.2, 0) is 4.79 Å². The first kappa shape index (κ1) is 15.9. The number of carbonyl (C=O) groups excluding carboxylic acids is 1. The average molecular weight is 280 g/mol. The molecule has 7 heteroatoms. The summed E-state index contributed by atoms with van der Waals surface area (Å²) in [5.41, 5.74) is 0.382. The Labute approximate surface area is 117 Å². The Bertz CT molecular complexity index is 509. The number of anilines is 1. The summed E-state index contributed by atoms with van der Waals surface area (Å²) in [5.74, 6) is 0.503. The van der Waals surface area contributed by atoms with Gasteiger partial charge in [0.2, 0.25) is 5.91 Å². The molecule has 1 aromatic rings. The van der Waals surface area contributed by atoms with Crippen LogP contribution in [0.15, 0.2) is 12.3 Å². The fourth-order valence-electron chi connectivity index (χ4n) is 1.62. The van der Waals surface area contributed by atoms with Crippen molar-refractivity contribution >= 4 is 17.4 Å². The van der Waals surface area contributed by atoms with E-state index < -0.39 is 4.92 Å². The van der Waals surface area contributed by atoms with Crippen molar-refractivity contribution in [3.05, 3.63) is 27.9 Å². The van der Waals surface area contributed by atoms with Crippen LogP contribution in [0.4, 0.5) is 11.5 Å². The Morgan fingerprint density at radius 1 is 1.45 bits per heavy atom. The lowest BCUT2D eigenvalue weighted by atomic mass is 10.1. The largest absolute Gasteiger partial charge is 0.369 e. The fraction of sp³-hybridized carbons (Fsp3) is 0.538. The minimum atomic E-state index is -0.486. The highest BCUT2D eigenvalue weighted by Crippen LogP contribution is 2.17. The summed E-state index contributed by atoms with van der Waals surface area (Å²) >= 11 is 0. The second kappa shape index (κ2) is 6.31. The Balaban J connectivity index is 2.51. The van der Waals surface area contributed by atoms with Crippen LogP contribution < -0.4 is 10.6 Å². The van der Waals surface area contributed by atoms with Crippen LogP contribution in [-0.4, -0.2) is 27.9 Å². The summed E-state index contributed by atoms with van der Waals surface area (Å²) in [6.45, 7) is 7.91. The number of amides is 1. The molecule has 0 radical (unpaired) electrons. The number of carbonyl (C=O) groups is 1. The van der Waals surface area contributed by atoms with E-state index in [9.17, 15) is 14.9 Å². The fourth-order valence-corrected chi connectivity index (χ4v) is 1.62. The van der Waals surface area contributed by atoms with E-state index in [-0.39, 0.29) is 17.1 Å². The Hall–Kier alpha value is -2.18. The predicted octanol–water partition coefficient (Wildman–Crippen LogP) is 2.01. The van der Waals surface area contributed by atoms with Crippen molar-refractivity contribution in [2.45, 2.75) is 39.7 Å². The molecule has 2 N–H and O–H groups in total. The Kier molecular flexibility index (Phi) is 5.01. The van der Waals surface area contributed by atoms with Crippen LogP contribution in [0, 0.1) is 17.0 Å². The first-order valence-electron chi connectivity index (χ1n) is 6.35. The van der Waals surface area contributed by atoms with E-state index in [4.69, 9.17) is 0 Å². The first-order valence-corrected chi connectivity index (χ1v) is 6.35. The normalized spacial score (nSPS) is 11.0. The minimum absolute atomic E-state index is 0.0430. The van der Waals surface area contributed by atoms with E-state index in [1.807, 2.05) is 20.8 Å². The van der Waals surface area contributed by atoms with E-state index in [0.29, 0.717) is 24.3 Å². The lowest BCUT2D eigenvalue weighted by molar-refractivity contribution is -0.385. The number of aryl methyl sites for hydroxylation is 1. The Morgan fingerprint density at radius 2 is 2.10 bits per heavy atom. The predicted molar refractivity (Wildman–Crippen MR) is 76.6 cm³/mol. The van der Waals surface area contributed by atoms with Crippen molar-refractivity contribution in [1.29, 1.82) is 0 Å². The van der Waals surface area contributed by atoms with Gasteiger partial charge < -0.3 is 10.6 Å². The van der Waals surface area contributed by atoms with Crippen LogP contribution in [0.5, 0.6) is 0 Å². The number of pyridine rings is 1. The number of nitrogens with one attached hydrogen (secondary N) is 2. The number of nitro groups is 1. The van der Waals surface area contributed by atoms with Crippen molar-refractivity contribution in [1.82, 2.24) is 10.3 Å². The number of rotatable bonds is 5. The summed E-state index contributed by atoms with van der Waals surface area (Å²) in [6, 6.07) is 1.45. The van der Waals surface area contributed by atoms with Gasteiger partial charge in [-0.25, -0.2) is 4.98 Å².